The van der Waals surface area contributed by atoms with Crippen LogP contribution in [-0.2, 0) is 19.2 Å². The summed E-state index contributed by atoms with van der Waals surface area (Å²) in [6.07, 6.45) is 4.61. The van der Waals surface area contributed by atoms with Crippen molar-refractivity contribution in [2.45, 2.75) is 65.2 Å². The van der Waals surface area contributed by atoms with Crippen molar-refractivity contribution in [2.24, 2.45) is 0 Å². The minimum absolute atomic E-state index is 0.0379. The van der Waals surface area contributed by atoms with Crippen LogP contribution in [0.3, 0.4) is 0 Å². The van der Waals surface area contributed by atoms with Crippen LogP contribution in [0.25, 0.3) is 0 Å². The molecule has 10 nitrogen and oxygen atoms in total. The number of thiocarbonyl (C=S) groups is 2. The highest BCUT2D eigenvalue weighted by atomic mass is 32.2. The molecule has 0 atom stereocenters. The van der Waals surface area contributed by atoms with Crippen LogP contribution in [0.15, 0.2) is 58.3 Å². The number of anilines is 2. The topological polar surface area (TPSA) is 133 Å². The van der Waals surface area contributed by atoms with Gasteiger partial charge in [-0.1, -0.05) is 60.8 Å². The minimum Gasteiger partial charge on any atom is -0.326 e. The van der Waals surface area contributed by atoms with Gasteiger partial charge in [0, 0.05) is 48.4 Å². The zero-order chi connectivity index (χ0) is 34.8. The van der Waals surface area contributed by atoms with Gasteiger partial charge in [-0.05, 0) is 88.1 Å². The summed E-state index contributed by atoms with van der Waals surface area (Å²) in [5.41, 5.74) is 2.42. The van der Waals surface area contributed by atoms with Crippen molar-refractivity contribution in [2.75, 3.05) is 23.7 Å². The van der Waals surface area contributed by atoms with E-state index in [1.54, 1.807) is 48.5 Å². The number of amides is 4. The molecule has 0 spiro atoms. The zero-order valence-electron chi connectivity index (χ0n) is 26.7. The molecular weight excluding hydrogens is 689 g/mol. The van der Waals surface area contributed by atoms with Gasteiger partial charge >= 0.3 is 0 Å². The molecule has 2 N–H and O–H groups in total. The fraction of sp³-hybridized carbons (Fsp3) is 0.353. The summed E-state index contributed by atoms with van der Waals surface area (Å²) < 4.78 is 0.778. The third-order valence-corrected chi connectivity index (χ3v) is 10.7. The van der Waals surface area contributed by atoms with Crippen molar-refractivity contribution in [3.63, 3.8) is 0 Å². The normalized spacial score (nSPS) is 16.1. The first kappa shape index (κ1) is 37.1. The van der Waals surface area contributed by atoms with Crippen LogP contribution in [0, 0.1) is 0 Å². The molecule has 2 aliphatic heterocycles. The first-order valence-corrected chi connectivity index (χ1v) is 18.0. The lowest BCUT2D eigenvalue weighted by atomic mass is 10.1. The van der Waals surface area contributed by atoms with Crippen LogP contribution in [0.2, 0.25) is 0 Å². The van der Waals surface area contributed by atoms with E-state index in [4.69, 9.17) is 24.4 Å². The summed E-state index contributed by atoms with van der Waals surface area (Å²) in [5.74, 6) is -0.943. The van der Waals surface area contributed by atoms with Crippen LogP contribution < -0.4 is 10.6 Å². The third kappa shape index (κ3) is 10.1. The Morgan fingerprint density at radius 2 is 0.938 bits per heavy atom. The number of carbonyl (C=O) groups is 6. The molecule has 2 aromatic carbocycles. The molecule has 4 rings (SSSR count). The summed E-state index contributed by atoms with van der Waals surface area (Å²) in [5, 5.41) is 5.64. The average molecular weight is 725 g/mol. The highest BCUT2D eigenvalue weighted by molar-refractivity contribution is 8.29. The van der Waals surface area contributed by atoms with Crippen molar-refractivity contribution in [3.05, 3.63) is 69.5 Å². The molecule has 0 saturated carbocycles. The van der Waals surface area contributed by atoms with Gasteiger partial charge in [-0.25, -0.2) is 0 Å². The summed E-state index contributed by atoms with van der Waals surface area (Å²) in [6, 6.07) is 13.5. The molecule has 2 saturated heterocycles. The van der Waals surface area contributed by atoms with E-state index in [0.29, 0.717) is 105 Å². The van der Waals surface area contributed by atoms with Gasteiger partial charge in [-0.15, -0.1) is 0 Å². The maximum absolute atomic E-state index is 13.2. The molecule has 4 amide bonds. The molecule has 0 radical (unpaired) electrons. The fourth-order valence-electron chi connectivity index (χ4n) is 4.94. The zero-order valence-corrected chi connectivity index (χ0v) is 29.9. The van der Waals surface area contributed by atoms with Crippen molar-refractivity contribution in [1.82, 2.24) is 9.80 Å². The predicted molar refractivity (Wildman–Crippen MR) is 198 cm³/mol. The molecular formula is C34H36N4O6S4. The number of thioether (sulfide) groups is 2. The van der Waals surface area contributed by atoms with E-state index < -0.39 is 0 Å². The number of hydrogen-bond acceptors (Lipinski definition) is 10. The Bertz CT molecular complexity index is 1530. The van der Waals surface area contributed by atoms with E-state index >= 15 is 0 Å². The smallest absolute Gasteiger partial charge is 0.267 e. The predicted octanol–water partition coefficient (Wildman–Crippen LogP) is 6.72. The van der Waals surface area contributed by atoms with Crippen LogP contribution >= 0.6 is 48.0 Å². The van der Waals surface area contributed by atoms with Crippen LogP contribution in [0.1, 0.15) is 85.9 Å². The number of unbranched alkanes of at least 4 members (excludes halogenated alkanes) is 4. The van der Waals surface area contributed by atoms with Gasteiger partial charge in [0.25, 0.3) is 11.8 Å². The van der Waals surface area contributed by atoms with Crippen molar-refractivity contribution in [3.8, 4) is 0 Å². The molecule has 2 fully saturated rings. The molecule has 2 aromatic rings. The van der Waals surface area contributed by atoms with E-state index in [9.17, 15) is 28.8 Å². The van der Waals surface area contributed by atoms with E-state index in [0.717, 1.165) is 23.5 Å². The number of nitrogens with zero attached hydrogens (tertiary/aromatic N) is 2. The molecule has 0 aliphatic carbocycles. The molecule has 0 unspecified atom stereocenters. The van der Waals surface area contributed by atoms with Gasteiger partial charge in [0.15, 0.2) is 11.6 Å². The maximum atomic E-state index is 13.2. The fourth-order valence-corrected chi connectivity index (χ4v) is 7.72. The number of benzene rings is 2. The summed E-state index contributed by atoms with van der Waals surface area (Å²) >= 11 is 13.1. The van der Waals surface area contributed by atoms with Gasteiger partial charge in [0.05, 0.1) is 9.81 Å². The Kier molecular flexibility index (Phi) is 13.6. The Hall–Kier alpha value is -3.72. The SMILES string of the molecule is CC(=O)c1ccc(NC(=O)CCCCCN2C(=O)C(=C3SC(=S)N(CCCCCC(=O)Nc4ccc(C(C)=O)cc4)C3=O)SC2=S)cc1. The number of nitrogens with one attached hydrogen (secondary N) is 2. The first-order valence-electron chi connectivity index (χ1n) is 15.6. The first-order chi connectivity index (χ1) is 22.9. The highest BCUT2D eigenvalue weighted by Gasteiger charge is 2.41. The molecule has 48 heavy (non-hydrogen) atoms. The van der Waals surface area contributed by atoms with Gasteiger partial charge in [-0.2, -0.15) is 0 Å². The number of Topliss-reactive ketones (excluding diaryl/α,β-unsaturated/α-hetero) is 2. The highest BCUT2D eigenvalue weighted by Crippen LogP contribution is 2.42. The molecule has 14 heteroatoms. The third-order valence-electron chi connectivity index (χ3n) is 7.63. The lowest BCUT2D eigenvalue weighted by Gasteiger charge is -2.14. The summed E-state index contributed by atoms with van der Waals surface area (Å²) in [6.45, 7) is 3.75. The molecule has 0 aromatic heterocycles. The van der Waals surface area contributed by atoms with Crippen molar-refractivity contribution >= 4 is 103 Å². The van der Waals surface area contributed by atoms with E-state index in [1.165, 1.54) is 23.6 Å². The van der Waals surface area contributed by atoms with Gasteiger partial charge < -0.3 is 10.6 Å². The Labute approximate surface area is 298 Å². The monoisotopic (exact) mass is 724 g/mol. The van der Waals surface area contributed by atoms with E-state index in [1.807, 2.05) is 0 Å². The van der Waals surface area contributed by atoms with Gasteiger partial charge in [-0.3, -0.25) is 38.6 Å². The number of hydrogen-bond donors (Lipinski definition) is 2. The second-order valence-electron chi connectivity index (χ2n) is 11.3. The summed E-state index contributed by atoms with van der Waals surface area (Å²) in [7, 11) is 0. The van der Waals surface area contributed by atoms with E-state index in [-0.39, 0.29) is 35.2 Å². The molecule has 0 bridgehead atoms. The number of ketones is 2. The lowest BCUT2D eigenvalue weighted by Crippen LogP contribution is -2.31. The lowest BCUT2D eigenvalue weighted by molar-refractivity contribution is -0.124. The van der Waals surface area contributed by atoms with Crippen LogP contribution in [0.4, 0.5) is 11.4 Å². The Morgan fingerprint density at radius 1 is 0.583 bits per heavy atom. The Morgan fingerprint density at radius 3 is 1.27 bits per heavy atom. The standard InChI is InChI=1S/C34H36N4O6S4/c1-21(39)23-11-15-25(16-12-23)35-27(41)9-5-3-7-19-37-31(43)29(47-33(37)45)30-32(44)38(34(46)48-30)20-8-4-6-10-28(42)36-26-17-13-24(14-18-26)22(2)40/h11-18H,3-10,19-20H2,1-2H3,(H,35,41)(H,36,42). The Balaban J connectivity index is 1.16. The van der Waals surface area contributed by atoms with Gasteiger partial charge in [0.2, 0.25) is 11.8 Å². The average Bonchev–Trinajstić information content (AvgIpc) is 3.49. The largest absolute Gasteiger partial charge is 0.326 e. The van der Waals surface area contributed by atoms with Crippen LogP contribution in [0.5, 0.6) is 0 Å². The molecule has 2 heterocycles. The van der Waals surface area contributed by atoms with Gasteiger partial charge in [0.1, 0.15) is 8.64 Å². The summed E-state index contributed by atoms with van der Waals surface area (Å²) in [4.78, 5) is 77.5. The van der Waals surface area contributed by atoms with E-state index in [2.05, 4.69) is 10.6 Å². The molecule has 252 valence electrons. The number of rotatable bonds is 16. The van der Waals surface area contributed by atoms with Crippen molar-refractivity contribution < 1.29 is 28.8 Å². The second kappa shape index (κ2) is 17.6. The number of carbonyl (C=O) groups excluding carboxylic acids is 6. The van der Waals surface area contributed by atoms with Crippen molar-refractivity contribution in [1.29, 1.82) is 0 Å². The second-order valence-corrected chi connectivity index (χ2v) is 14.6. The molecule has 2 aliphatic rings. The van der Waals surface area contributed by atoms with Crippen LogP contribution in [-0.4, -0.2) is 66.7 Å². The maximum Gasteiger partial charge on any atom is 0.267 e. The quantitative estimate of drug-likeness (QED) is 0.0832. The minimum atomic E-state index is -0.306.